The highest BCUT2D eigenvalue weighted by Gasteiger charge is 2.36. The second-order valence-corrected chi connectivity index (χ2v) is 9.93. The van der Waals surface area contributed by atoms with Crippen LogP contribution in [0.15, 0.2) is 48.8 Å². The second kappa shape index (κ2) is 9.59. The lowest BCUT2D eigenvalue weighted by atomic mass is 9.89. The number of carbonyl (C=O) groups excluding carboxylic acids is 2. The highest BCUT2D eigenvalue weighted by molar-refractivity contribution is 6.00. The fraction of sp³-hybridized carbons (Fsp3) is 0.444. The van der Waals surface area contributed by atoms with Crippen molar-refractivity contribution in [1.29, 1.82) is 0 Å². The second-order valence-electron chi connectivity index (χ2n) is 9.93. The van der Waals surface area contributed by atoms with Gasteiger partial charge in [0.25, 0.3) is 11.8 Å². The quantitative estimate of drug-likeness (QED) is 0.496. The zero-order valence-electron chi connectivity index (χ0n) is 20.2. The molecule has 6 nitrogen and oxygen atoms in total. The Balaban J connectivity index is 1.30. The first-order valence-corrected chi connectivity index (χ1v) is 12.4. The Hall–Kier alpha value is -3.36. The molecule has 2 aliphatic rings. The molecule has 3 aromatic rings. The number of hydrogen-bond acceptors (Lipinski definition) is 3. The summed E-state index contributed by atoms with van der Waals surface area (Å²) in [4.78, 5) is 29.5. The van der Waals surface area contributed by atoms with E-state index in [9.17, 15) is 22.8 Å². The Morgan fingerprint density at radius 1 is 0.889 bits per heavy atom. The molecule has 2 fully saturated rings. The lowest BCUT2D eigenvalue weighted by Crippen LogP contribution is -2.38. The van der Waals surface area contributed by atoms with E-state index in [4.69, 9.17) is 0 Å². The van der Waals surface area contributed by atoms with Crippen LogP contribution < -0.4 is 0 Å². The van der Waals surface area contributed by atoms with Crippen LogP contribution in [-0.4, -0.2) is 57.4 Å². The number of rotatable bonds is 3. The van der Waals surface area contributed by atoms with Gasteiger partial charge in [0.1, 0.15) is 0 Å². The van der Waals surface area contributed by atoms with Gasteiger partial charge in [-0.2, -0.15) is 18.3 Å². The lowest BCUT2D eigenvalue weighted by Gasteiger charge is -2.33. The monoisotopic (exact) mass is 498 g/mol. The highest BCUT2D eigenvalue weighted by atomic mass is 19.4. The highest BCUT2D eigenvalue weighted by Crippen LogP contribution is 2.34. The summed E-state index contributed by atoms with van der Waals surface area (Å²) in [5, 5.41) is 4.36. The molecule has 1 aromatic carbocycles. The average Bonchev–Trinajstić information content (AvgIpc) is 3.31. The van der Waals surface area contributed by atoms with Gasteiger partial charge in [0.15, 0.2) is 0 Å². The lowest BCUT2D eigenvalue weighted by molar-refractivity contribution is -0.138. The Morgan fingerprint density at radius 2 is 1.50 bits per heavy atom. The molecule has 0 N–H and O–H groups in total. The van der Waals surface area contributed by atoms with Crippen LogP contribution in [0.25, 0.3) is 5.52 Å². The van der Waals surface area contributed by atoms with Crippen LogP contribution in [0.4, 0.5) is 13.2 Å². The average molecular weight is 499 g/mol. The molecule has 0 bridgehead atoms. The molecule has 5 rings (SSSR count). The number of amides is 2. The molecule has 36 heavy (non-hydrogen) atoms. The smallest absolute Gasteiger partial charge is 0.339 e. The summed E-state index contributed by atoms with van der Waals surface area (Å²) in [6.07, 6.45) is 2.17. The number of pyridine rings is 1. The molecule has 0 unspecified atom stereocenters. The fourth-order valence-electron chi connectivity index (χ4n) is 5.30. The predicted octanol–water partition coefficient (Wildman–Crippen LogP) is 5.25. The van der Waals surface area contributed by atoms with Crippen molar-refractivity contribution in [2.75, 3.05) is 26.2 Å². The Bertz CT molecular complexity index is 1270. The Labute approximate surface area is 207 Å². The van der Waals surface area contributed by atoms with Crippen molar-refractivity contribution in [3.8, 4) is 0 Å². The standard InChI is InChI=1S/C27H29F3N4O2/c1-18-6-11-32(12-7-18)26(36)22-17-31-34-15-10-20(16-24(22)34)19-8-13-33(14-9-19)25(35)21-4-2-3-5-23(21)27(28,29)30/h2-5,10,15-19H,6-9,11-14H2,1H3. The van der Waals surface area contributed by atoms with Gasteiger partial charge in [-0.1, -0.05) is 19.1 Å². The van der Waals surface area contributed by atoms with Gasteiger partial charge in [0.2, 0.25) is 0 Å². The van der Waals surface area contributed by atoms with E-state index in [-0.39, 0.29) is 17.4 Å². The van der Waals surface area contributed by atoms with Crippen molar-refractivity contribution in [2.24, 2.45) is 5.92 Å². The third-order valence-electron chi connectivity index (χ3n) is 7.56. The van der Waals surface area contributed by atoms with E-state index in [1.54, 1.807) is 10.7 Å². The number of alkyl halides is 3. The zero-order chi connectivity index (χ0) is 25.4. The van der Waals surface area contributed by atoms with Gasteiger partial charge in [0, 0.05) is 32.4 Å². The normalized spacial score (nSPS) is 18.1. The summed E-state index contributed by atoms with van der Waals surface area (Å²) in [5.41, 5.74) is 1.19. The fourth-order valence-corrected chi connectivity index (χ4v) is 5.30. The summed E-state index contributed by atoms with van der Waals surface area (Å²) in [7, 11) is 0. The van der Waals surface area contributed by atoms with Crippen molar-refractivity contribution >= 4 is 17.3 Å². The molecule has 0 atom stereocenters. The summed E-state index contributed by atoms with van der Waals surface area (Å²) in [6.45, 7) is 4.45. The predicted molar refractivity (Wildman–Crippen MR) is 129 cm³/mol. The molecule has 2 amide bonds. The van der Waals surface area contributed by atoms with Crippen LogP contribution in [0.5, 0.6) is 0 Å². The van der Waals surface area contributed by atoms with Crippen LogP contribution in [-0.2, 0) is 6.18 Å². The largest absolute Gasteiger partial charge is 0.417 e. The maximum absolute atomic E-state index is 13.4. The van der Waals surface area contributed by atoms with Crippen molar-refractivity contribution in [1.82, 2.24) is 19.4 Å². The minimum Gasteiger partial charge on any atom is -0.339 e. The summed E-state index contributed by atoms with van der Waals surface area (Å²) < 4.78 is 41.8. The van der Waals surface area contributed by atoms with Gasteiger partial charge < -0.3 is 9.80 Å². The topological polar surface area (TPSA) is 57.9 Å². The van der Waals surface area contributed by atoms with E-state index in [1.165, 1.54) is 23.1 Å². The van der Waals surface area contributed by atoms with Crippen LogP contribution in [0, 0.1) is 5.92 Å². The number of carbonyl (C=O) groups is 2. The van der Waals surface area contributed by atoms with E-state index in [1.807, 2.05) is 23.2 Å². The molecule has 190 valence electrons. The molecule has 0 radical (unpaired) electrons. The summed E-state index contributed by atoms with van der Waals surface area (Å²) >= 11 is 0. The summed E-state index contributed by atoms with van der Waals surface area (Å²) in [5.74, 6) is 0.184. The van der Waals surface area contributed by atoms with Gasteiger partial charge in [-0.25, -0.2) is 4.52 Å². The number of halogens is 3. The number of fused-ring (bicyclic) bond motifs is 1. The van der Waals surface area contributed by atoms with Crippen LogP contribution in [0.2, 0.25) is 0 Å². The number of piperidine rings is 2. The van der Waals surface area contributed by atoms with Crippen molar-refractivity contribution in [2.45, 2.75) is 44.7 Å². The van der Waals surface area contributed by atoms with Crippen LogP contribution >= 0.6 is 0 Å². The third kappa shape index (κ3) is 4.70. The molecular formula is C27H29F3N4O2. The van der Waals surface area contributed by atoms with Gasteiger partial charge in [0.05, 0.1) is 28.4 Å². The molecule has 0 spiro atoms. The van der Waals surface area contributed by atoms with E-state index in [0.29, 0.717) is 37.4 Å². The van der Waals surface area contributed by atoms with Crippen molar-refractivity contribution in [3.63, 3.8) is 0 Å². The van der Waals surface area contributed by atoms with Crippen LogP contribution in [0.3, 0.4) is 0 Å². The molecule has 2 saturated heterocycles. The van der Waals surface area contributed by atoms with Gasteiger partial charge in [-0.05, 0) is 67.3 Å². The zero-order valence-corrected chi connectivity index (χ0v) is 20.2. The van der Waals surface area contributed by atoms with E-state index in [2.05, 4.69) is 12.0 Å². The molecule has 4 heterocycles. The molecule has 0 aliphatic carbocycles. The van der Waals surface area contributed by atoms with E-state index >= 15 is 0 Å². The minimum atomic E-state index is -4.58. The number of hydrogen-bond donors (Lipinski definition) is 0. The first kappa shape index (κ1) is 24.3. The Morgan fingerprint density at radius 3 is 2.17 bits per heavy atom. The van der Waals surface area contributed by atoms with Crippen LogP contribution in [0.1, 0.15) is 70.4 Å². The first-order valence-electron chi connectivity index (χ1n) is 12.4. The molecule has 9 heteroatoms. The Kier molecular flexibility index (Phi) is 6.49. The third-order valence-corrected chi connectivity index (χ3v) is 7.56. The number of aromatic nitrogens is 2. The maximum Gasteiger partial charge on any atom is 0.417 e. The molecular weight excluding hydrogens is 469 g/mol. The molecule has 0 saturated carbocycles. The van der Waals surface area contributed by atoms with Crippen molar-refractivity contribution in [3.05, 3.63) is 71.0 Å². The first-order chi connectivity index (χ1) is 17.2. The maximum atomic E-state index is 13.4. The SMILES string of the molecule is CC1CCN(C(=O)c2cnn3ccc(C4CCN(C(=O)c5ccccc5C(F)(F)F)CC4)cc23)CC1. The van der Waals surface area contributed by atoms with Crippen molar-refractivity contribution < 1.29 is 22.8 Å². The number of nitrogens with zero attached hydrogens (tertiary/aromatic N) is 4. The van der Waals surface area contributed by atoms with Gasteiger partial charge in [-0.3, -0.25) is 9.59 Å². The number of likely N-dealkylation sites (tertiary alicyclic amines) is 2. The summed E-state index contributed by atoms with van der Waals surface area (Å²) in [6, 6.07) is 8.91. The number of benzene rings is 1. The van der Waals surface area contributed by atoms with Gasteiger partial charge in [-0.15, -0.1) is 0 Å². The van der Waals surface area contributed by atoms with E-state index in [0.717, 1.165) is 43.1 Å². The molecule has 2 aliphatic heterocycles. The van der Waals surface area contributed by atoms with Gasteiger partial charge >= 0.3 is 6.18 Å². The minimum absolute atomic E-state index is 0.00204. The van der Waals surface area contributed by atoms with E-state index < -0.39 is 17.6 Å². The molecule has 2 aromatic heterocycles.